The molecule has 0 unspecified atom stereocenters. The molecule has 3 amide bonds. The maximum Gasteiger partial charge on any atom is 0.287 e. The molecule has 2 aliphatic rings. The summed E-state index contributed by atoms with van der Waals surface area (Å²) in [6.07, 6.45) is 8.74. The van der Waals surface area contributed by atoms with Crippen LogP contribution in [0.15, 0.2) is 0 Å². The number of nitrogens with zero attached hydrogens (tertiary/aromatic N) is 1. The highest BCUT2D eigenvalue weighted by atomic mass is 16.5. The van der Waals surface area contributed by atoms with Crippen LogP contribution in [-0.4, -0.2) is 64.8 Å². The number of carbonyl (C=O) groups excluding carboxylic acids is 4. The van der Waals surface area contributed by atoms with Crippen LogP contribution >= 0.6 is 0 Å². The van der Waals surface area contributed by atoms with E-state index in [0.29, 0.717) is 25.7 Å². The van der Waals surface area contributed by atoms with Crippen molar-refractivity contribution < 1.29 is 23.9 Å². The van der Waals surface area contributed by atoms with E-state index in [-0.39, 0.29) is 18.6 Å². The van der Waals surface area contributed by atoms with Crippen molar-refractivity contribution in [3.05, 3.63) is 0 Å². The fourth-order valence-electron chi connectivity index (χ4n) is 4.69. The molecule has 0 bridgehead atoms. The molecule has 2 heterocycles. The van der Waals surface area contributed by atoms with Crippen LogP contribution in [0.1, 0.15) is 91.4 Å². The van der Waals surface area contributed by atoms with E-state index in [9.17, 15) is 19.2 Å². The van der Waals surface area contributed by atoms with Crippen LogP contribution in [0.2, 0.25) is 0 Å². The maximum atomic E-state index is 13.2. The van der Waals surface area contributed by atoms with Crippen LogP contribution in [0.3, 0.4) is 0 Å². The SMILES string of the molecule is CC(C)(C)O[C@@H]1C[C@H]2C(=O)N[C@H](C(=O)C(N)=O)CCCCCCCCCC[C@H](N)C(=O)N2C1. The number of nitrogens with one attached hydrogen (secondary N) is 1. The molecule has 0 aromatic carbocycles. The van der Waals surface area contributed by atoms with Crippen molar-refractivity contribution in [2.75, 3.05) is 6.54 Å². The molecule has 4 atom stereocenters. The molecule has 188 valence electrons. The number of rotatable bonds is 3. The molecule has 2 aliphatic heterocycles. The molecule has 9 heteroatoms. The Kier molecular flexibility index (Phi) is 10.3. The smallest absolute Gasteiger partial charge is 0.287 e. The van der Waals surface area contributed by atoms with Gasteiger partial charge >= 0.3 is 0 Å². The Bertz CT molecular complexity index is 705. The van der Waals surface area contributed by atoms with Crippen LogP contribution in [-0.2, 0) is 23.9 Å². The first-order chi connectivity index (χ1) is 15.5. The third-order valence-corrected chi connectivity index (χ3v) is 6.32. The first-order valence-electron chi connectivity index (χ1n) is 12.4. The van der Waals surface area contributed by atoms with Gasteiger partial charge in [0.25, 0.3) is 5.91 Å². The fourth-order valence-corrected chi connectivity index (χ4v) is 4.69. The maximum absolute atomic E-state index is 13.2. The predicted octanol–water partition coefficient (Wildman–Crippen LogP) is 1.55. The summed E-state index contributed by atoms with van der Waals surface area (Å²) in [6, 6.07) is -2.49. The minimum Gasteiger partial charge on any atom is -0.371 e. The molecular formula is C24H42N4O5. The van der Waals surface area contributed by atoms with Gasteiger partial charge in [0.1, 0.15) is 6.04 Å². The van der Waals surface area contributed by atoms with Crippen molar-refractivity contribution in [2.24, 2.45) is 11.5 Å². The Morgan fingerprint density at radius 1 is 0.970 bits per heavy atom. The number of nitrogens with two attached hydrogens (primary N) is 2. The number of hydrogen-bond acceptors (Lipinski definition) is 6. The molecule has 0 aromatic rings. The lowest BCUT2D eigenvalue weighted by molar-refractivity contribution is -0.142. The number of Topliss-reactive ketones (excluding diaryl/α,β-unsaturated/α-hetero) is 1. The molecule has 0 radical (unpaired) electrons. The molecule has 0 aliphatic carbocycles. The molecule has 2 rings (SSSR count). The summed E-state index contributed by atoms with van der Waals surface area (Å²) in [5, 5.41) is 2.70. The van der Waals surface area contributed by atoms with Crippen LogP contribution in [0.25, 0.3) is 0 Å². The molecule has 0 saturated carbocycles. The quantitative estimate of drug-likeness (QED) is 0.538. The normalized spacial score (nSPS) is 29.2. The van der Waals surface area contributed by atoms with Crippen molar-refractivity contribution in [3.8, 4) is 0 Å². The van der Waals surface area contributed by atoms with Gasteiger partial charge in [-0.15, -0.1) is 0 Å². The number of carbonyl (C=O) groups is 4. The highest BCUT2D eigenvalue weighted by molar-refractivity contribution is 6.37. The first kappa shape index (κ1) is 27.2. The number of fused-ring (bicyclic) bond motifs is 1. The van der Waals surface area contributed by atoms with E-state index in [1.165, 1.54) is 4.90 Å². The van der Waals surface area contributed by atoms with E-state index in [4.69, 9.17) is 16.2 Å². The van der Waals surface area contributed by atoms with E-state index >= 15 is 0 Å². The van der Waals surface area contributed by atoms with Gasteiger partial charge in [0.15, 0.2) is 0 Å². The molecule has 9 nitrogen and oxygen atoms in total. The van der Waals surface area contributed by atoms with Gasteiger partial charge in [-0.3, -0.25) is 19.2 Å². The van der Waals surface area contributed by atoms with Crippen molar-refractivity contribution in [2.45, 2.75) is 121 Å². The summed E-state index contributed by atoms with van der Waals surface area (Å²) in [7, 11) is 0. The van der Waals surface area contributed by atoms with Crippen LogP contribution in [0, 0.1) is 0 Å². The van der Waals surface area contributed by atoms with Crippen molar-refractivity contribution in [1.29, 1.82) is 0 Å². The molecule has 2 fully saturated rings. The average molecular weight is 467 g/mol. The minimum atomic E-state index is -1.07. The Hall–Kier alpha value is -2.00. The monoisotopic (exact) mass is 466 g/mol. The summed E-state index contributed by atoms with van der Waals surface area (Å²) in [5.41, 5.74) is 11.0. The Balaban J connectivity index is 2.24. The number of ketones is 1. The number of amides is 3. The Labute approximate surface area is 197 Å². The van der Waals surface area contributed by atoms with Gasteiger partial charge < -0.3 is 26.4 Å². The lowest BCUT2D eigenvalue weighted by atomic mass is 10.0. The van der Waals surface area contributed by atoms with Gasteiger partial charge in [-0.05, 0) is 33.6 Å². The largest absolute Gasteiger partial charge is 0.371 e. The van der Waals surface area contributed by atoms with E-state index < -0.39 is 41.3 Å². The zero-order chi connectivity index (χ0) is 24.6. The summed E-state index contributed by atoms with van der Waals surface area (Å²) in [4.78, 5) is 51.8. The van der Waals surface area contributed by atoms with Gasteiger partial charge in [0, 0.05) is 13.0 Å². The molecule has 33 heavy (non-hydrogen) atoms. The van der Waals surface area contributed by atoms with Gasteiger partial charge in [-0.25, -0.2) is 0 Å². The second-order valence-corrected chi connectivity index (χ2v) is 10.4. The van der Waals surface area contributed by atoms with Crippen LogP contribution in [0.5, 0.6) is 0 Å². The second-order valence-electron chi connectivity index (χ2n) is 10.4. The third-order valence-electron chi connectivity index (χ3n) is 6.32. The number of ether oxygens (including phenoxy) is 1. The average Bonchev–Trinajstić information content (AvgIpc) is 3.14. The third kappa shape index (κ3) is 8.70. The fraction of sp³-hybridized carbons (Fsp3) is 0.833. The number of primary amides is 1. The van der Waals surface area contributed by atoms with Crippen LogP contribution in [0.4, 0.5) is 0 Å². The molecule has 5 N–H and O–H groups in total. The number of hydrogen-bond donors (Lipinski definition) is 3. The molecule has 0 aromatic heterocycles. The van der Waals surface area contributed by atoms with Gasteiger partial charge in [0.05, 0.1) is 23.8 Å². The van der Waals surface area contributed by atoms with Crippen molar-refractivity contribution in [1.82, 2.24) is 10.2 Å². The van der Waals surface area contributed by atoms with E-state index in [0.717, 1.165) is 44.9 Å². The Morgan fingerprint density at radius 3 is 2.06 bits per heavy atom. The highest BCUT2D eigenvalue weighted by Crippen LogP contribution is 2.26. The molecule has 2 saturated heterocycles. The molecule has 0 spiro atoms. The van der Waals surface area contributed by atoms with E-state index in [2.05, 4.69) is 5.32 Å². The van der Waals surface area contributed by atoms with E-state index in [1.54, 1.807) is 0 Å². The Morgan fingerprint density at radius 2 is 1.52 bits per heavy atom. The van der Waals surface area contributed by atoms with Gasteiger partial charge in [0.2, 0.25) is 17.6 Å². The summed E-state index contributed by atoms with van der Waals surface area (Å²) in [5.74, 6) is -2.63. The second kappa shape index (κ2) is 12.5. The van der Waals surface area contributed by atoms with Crippen LogP contribution < -0.4 is 16.8 Å². The predicted molar refractivity (Wildman–Crippen MR) is 125 cm³/mol. The standard InChI is InChI=1S/C24H42N4O5/c1-24(2,3)33-16-14-19-22(31)27-18(20(29)21(26)30)13-11-9-7-5-4-6-8-10-12-17(25)23(32)28(19)15-16/h16-19H,4-15,25H2,1-3H3,(H2,26,30)(H,27,31)/t16-,17+,18+,19+/m1/s1. The topological polar surface area (TPSA) is 145 Å². The lowest BCUT2D eigenvalue weighted by Crippen LogP contribution is -2.55. The lowest BCUT2D eigenvalue weighted by Gasteiger charge is -2.28. The van der Waals surface area contributed by atoms with Crippen molar-refractivity contribution in [3.63, 3.8) is 0 Å². The summed E-state index contributed by atoms with van der Waals surface area (Å²) < 4.78 is 6.06. The zero-order valence-corrected chi connectivity index (χ0v) is 20.4. The molecular weight excluding hydrogens is 424 g/mol. The van der Waals surface area contributed by atoms with Crippen molar-refractivity contribution >= 4 is 23.5 Å². The van der Waals surface area contributed by atoms with Gasteiger partial charge in [-0.2, -0.15) is 0 Å². The summed E-state index contributed by atoms with van der Waals surface area (Å²) >= 11 is 0. The first-order valence-corrected chi connectivity index (χ1v) is 12.4. The summed E-state index contributed by atoms with van der Waals surface area (Å²) in [6.45, 7) is 6.02. The van der Waals surface area contributed by atoms with Gasteiger partial charge in [-0.1, -0.05) is 51.4 Å². The minimum absolute atomic E-state index is 0.260. The highest BCUT2D eigenvalue weighted by Gasteiger charge is 2.43. The zero-order valence-electron chi connectivity index (χ0n) is 20.4. The van der Waals surface area contributed by atoms with E-state index in [1.807, 2.05) is 20.8 Å².